The molecule has 41 heavy (non-hydrogen) atoms. The lowest BCUT2D eigenvalue weighted by Gasteiger charge is -2.20. The zero-order valence-electron chi connectivity index (χ0n) is 25.6. The van der Waals surface area contributed by atoms with Crippen LogP contribution in [-0.4, -0.2) is 58.0 Å². The summed E-state index contributed by atoms with van der Waals surface area (Å²) in [6.07, 6.45) is 1.02. The van der Waals surface area contributed by atoms with Crippen molar-refractivity contribution in [3.63, 3.8) is 0 Å². The molecule has 0 saturated heterocycles. The maximum atomic E-state index is 5.95. The van der Waals surface area contributed by atoms with E-state index in [9.17, 15) is 0 Å². The van der Waals surface area contributed by atoms with Gasteiger partial charge in [-0.3, -0.25) is 0 Å². The molecule has 3 unspecified atom stereocenters. The van der Waals surface area contributed by atoms with E-state index in [0.717, 1.165) is 23.7 Å². The fraction of sp³-hybridized carbons (Fsp3) is 0.486. The fourth-order valence-electron chi connectivity index (χ4n) is 4.62. The van der Waals surface area contributed by atoms with Gasteiger partial charge in [0.1, 0.15) is 37.1 Å². The second kappa shape index (κ2) is 17.7. The van der Waals surface area contributed by atoms with Gasteiger partial charge in [0, 0.05) is 25.7 Å². The van der Waals surface area contributed by atoms with Gasteiger partial charge >= 0.3 is 0 Å². The molecule has 3 rings (SSSR count). The summed E-state index contributed by atoms with van der Waals surface area (Å²) >= 11 is 0. The summed E-state index contributed by atoms with van der Waals surface area (Å²) in [5.74, 6) is 2.69. The third kappa shape index (κ3) is 11.4. The van der Waals surface area contributed by atoms with Gasteiger partial charge < -0.3 is 28.4 Å². The number of rotatable bonds is 19. The first-order valence-corrected chi connectivity index (χ1v) is 14.9. The molecule has 224 valence electrons. The number of ether oxygens (including phenoxy) is 6. The van der Waals surface area contributed by atoms with Gasteiger partial charge in [-0.25, -0.2) is 0 Å². The second-order valence-corrected chi connectivity index (χ2v) is 10.3. The molecule has 6 heteroatoms. The van der Waals surface area contributed by atoms with Crippen molar-refractivity contribution in [1.29, 1.82) is 0 Å². The van der Waals surface area contributed by atoms with E-state index in [2.05, 4.69) is 36.4 Å². The van der Waals surface area contributed by atoms with Gasteiger partial charge in [0.25, 0.3) is 0 Å². The van der Waals surface area contributed by atoms with Crippen LogP contribution in [0.25, 0.3) is 0 Å². The van der Waals surface area contributed by atoms with Crippen LogP contribution in [0.4, 0.5) is 0 Å². The molecule has 3 aromatic rings. The SMILES string of the molecule is CCOC(C)COc1ccc(CC(c2ccc(OCC(C)OCC)cc2)c2ccc(OCC(C)OCC)cc2)cc1. The summed E-state index contributed by atoms with van der Waals surface area (Å²) in [6.45, 7) is 15.7. The molecule has 0 fully saturated rings. The van der Waals surface area contributed by atoms with Gasteiger partial charge in [0.2, 0.25) is 0 Å². The monoisotopic (exact) mass is 564 g/mol. The zero-order valence-corrected chi connectivity index (χ0v) is 25.6. The number of hydrogen-bond acceptors (Lipinski definition) is 6. The minimum atomic E-state index is 0.0546. The molecule has 0 amide bonds. The molecule has 3 aromatic carbocycles. The van der Waals surface area contributed by atoms with Crippen LogP contribution in [0.3, 0.4) is 0 Å². The highest BCUT2D eigenvalue weighted by Crippen LogP contribution is 2.32. The molecule has 0 aliphatic rings. The molecule has 0 aromatic heterocycles. The van der Waals surface area contributed by atoms with Crippen molar-refractivity contribution < 1.29 is 28.4 Å². The standard InChI is InChI=1S/C35H48O6/c1-7-36-26(4)23-39-32-16-10-29(11-17-32)22-35(30-12-18-33(19-13-30)40-24-27(5)37-8-2)31-14-20-34(21-15-31)41-25-28(6)38-9-3/h10-21,26-28,35H,7-9,22-25H2,1-6H3. The Bertz CT molecular complexity index is 1040. The van der Waals surface area contributed by atoms with Crippen LogP contribution in [0.5, 0.6) is 17.2 Å². The lowest BCUT2D eigenvalue weighted by molar-refractivity contribution is 0.0401. The molecular formula is C35H48O6. The van der Waals surface area contributed by atoms with E-state index in [4.69, 9.17) is 28.4 Å². The van der Waals surface area contributed by atoms with E-state index in [-0.39, 0.29) is 24.2 Å². The molecule has 0 bridgehead atoms. The maximum absolute atomic E-state index is 5.95. The maximum Gasteiger partial charge on any atom is 0.119 e. The first-order chi connectivity index (χ1) is 19.9. The first kappa shape index (κ1) is 32.5. The van der Waals surface area contributed by atoms with Crippen molar-refractivity contribution >= 4 is 0 Å². The second-order valence-electron chi connectivity index (χ2n) is 10.3. The first-order valence-electron chi connectivity index (χ1n) is 14.9. The molecule has 0 aliphatic heterocycles. The lowest BCUT2D eigenvalue weighted by atomic mass is 9.86. The molecule has 6 nitrogen and oxygen atoms in total. The largest absolute Gasteiger partial charge is 0.491 e. The van der Waals surface area contributed by atoms with Gasteiger partial charge in [-0.15, -0.1) is 0 Å². The van der Waals surface area contributed by atoms with Crippen LogP contribution >= 0.6 is 0 Å². The third-order valence-electron chi connectivity index (χ3n) is 6.74. The predicted molar refractivity (Wildman–Crippen MR) is 165 cm³/mol. The van der Waals surface area contributed by atoms with Gasteiger partial charge in [-0.1, -0.05) is 36.4 Å². The Morgan fingerprint density at radius 3 is 1.10 bits per heavy atom. The average molecular weight is 565 g/mol. The molecule has 0 aliphatic carbocycles. The van der Waals surface area contributed by atoms with Crippen molar-refractivity contribution in [3.05, 3.63) is 89.5 Å². The van der Waals surface area contributed by atoms with Crippen molar-refractivity contribution in [3.8, 4) is 17.2 Å². The van der Waals surface area contributed by atoms with E-state index in [1.807, 2.05) is 77.9 Å². The summed E-state index contributed by atoms with van der Waals surface area (Å²) in [5.41, 5.74) is 3.68. The van der Waals surface area contributed by atoms with Crippen LogP contribution in [0.2, 0.25) is 0 Å². The Morgan fingerprint density at radius 2 is 0.780 bits per heavy atom. The summed E-state index contributed by atoms with van der Waals surface area (Å²) in [7, 11) is 0. The molecular weight excluding hydrogens is 516 g/mol. The summed E-state index contributed by atoms with van der Waals surface area (Å²) in [6, 6.07) is 25.2. The topological polar surface area (TPSA) is 55.4 Å². The zero-order chi connectivity index (χ0) is 29.5. The number of benzene rings is 3. The van der Waals surface area contributed by atoms with E-state index >= 15 is 0 Å². The van der Waals surface area contributed by atoms with Crippen molar-refractivity contribution in [1.82, 2.24) is 0 Å². The molecule has 0 spiro atoms. The highest BCUT2D eigenvalue weighted by Gasteiger charge is 2.17. The fourth-order valence-corrected chi connectivity index (χ4v) is 4.62. The van der Waals surface area contributed by atoms with Crippen molar-refractivity contribution in [2.24, 2.45) is 0 Å². The molecule has 0 saturated carbocycles. The summed E-state index contributed by atoms with van der Waals surface area (Å²) in [4.78, 5) is 0. The normalized spacial score (nSPS) is 14.2. The van der Waals surface area contributed by atoms with Gasteiger partial charge in [0.15, 0.2) is 0 Å². The quantitative estimate of drug-likeness (QED) is 0.151. The summed E-state index contributed by atoms with van der Waals surface area (Å²) in [5, 5.41) is 0. The van der Waals surface area contributed by atoms with E-state index in [1.54, 1.807) is 0 Å². The van der Waals surface area contributed by atoms with E-state index < -0.39 is 0 Å². The van der Waals surface area contributed by atoms with Gasteiger partial charge in [-0.2, -0.15) is 0 Å². The smallest absolute Gasteiger partial charge is 0.119 e. The Kier molecular flexibility index (Phi) is 14.0. The highest BCUT2D eigenvalue weighted by molar-refractivity contribution is 5.40. The molecule has 0 heterocycles. The number of hydrogen-bond donors (Lipinski definition) is 0. The average Bonchev–Trinajstić information content (AvgIpc) is 2.98. The minimum absolute atomic E-state index is 0.0546. The van der Waals surface area contributed by atoms with Gasteiger partial charge in [0.05, 0.1) is 18.3 Å². The highest BCUT2D eigenvalue weighted by atomic mass is 16.5. The minimum Gasteiger partial charge on any atom is -0.491 e. The van der Waals surface area contributed by atoms with Crippen LogP contribution < -0.4 is 14.2 Å². The van der Waals surface area contributed by atoms with E-state index in [0.29, 0.717) is 39.6 Å². The predicted octanol–water partition coefficient (Wildman–Crippen LogP) is 7.47. The third-order valence-corrected chi connectivity index (χ3v) is 6.74. The Balaban J connectivity index is 1.74. The van der Waals surface area contributed by atoms with Crippen LogP contribution in [-0.2, 0) is 20.6 Å². The van der Waals surface area contributed by atoms with E-state index in [1.165, 1.54) is 16.7 Å². The Morgan fingerprint density at radius 1 is 0.463 bits per heavy atom. The molecule has 3 atom stereocenters. The van der Waals surface area contributed by atoms with Crippen molar-refractivity contribution in [2.75, 3.05) is 39.6 Å². The lowest BCUT2D eigenvalue weighted by Crippen LogP contribution is -2.18. The van der Waals surface area contributed by atoms with Crippen LogP contribution in [0, 0.1) is 0 Å². The summed E-state index contributed by atoms with van der Waals surface area (Å²) < 4.78 is 34.6. The van der Waals surface area contributed by atoms with Crippen LogP contribution in [0.15, 0.2) is 72.8 Å². The molecule has 0 radical (unpaired) electrons. The Hall–Kier alpha value is -3.06. The van der Waals surface area contributed by atoms with Gasteiger partial charge in [-0.05, 0) is 101 Å². The molecule has 0 N–H and O–H groups in total. The van der Waals surface area contributed by atoms with Crippen LogP contribution in [0.1, 0.15) is 64.2 Å². The van der Waals surface area contributed by atoms with Crippen molar-refractivity contribution in [2.45, 2.75) is 72.2 Å². The Labute approximate surface area is 246 Å².